The second-order valence-electron chi connectivity index (χ2n) is 3.62. The lowest BCUT2D eigenvalue weighted by molar-refractivity contribution is 0.496. The van der Waals surface area contributed by atoms with Gasteiger partial charge in [-0.2, -0.15) is 0 Å². The van der Waals surface area contributed by atoms with E-state index in [1.807, 2.05) is 0 Å². The van der Waals surface area contributed by atoms with E-state index in [-0.39, 0.29) is 0 Å². The molecule has 0 radical (unpaired) electrons. The molecule has 0 aromatic carbocycles. The maximum atomic E-state index is 4.25. The van der Waals surface area contributed by atoms with Gasteiger partial charge < -0.3 is 9.88 Å². The Bertz CT molecular complexity index is 446. The van der Waals surface area contributed by atoms with Crippen molar-refractivity contribution in [2.45, 2.75) is 19.5 Å². The van der Waals surface area contributed by atoms with E-state index in [1.165, 1.54) is 4.88 Å². The van der Waals surface area contributed by atoms with Crippen LogP contribution in [0.1, 0.15) is 16.5 Å². The number of nitrogens with zero attached hydrogens (tertiary/aromatic N) is 3. The van der Waals surface area contributed by atoms with Crippen LogP contribution in [0.5, 0.6) is 0 Å². The van der Waals surface area contributed by atoms with Gasteiger partial charge in [0.1, 0.15) is 11.6 Å². The monoisotopic (exact) mass is 220 g/mol. The highest BCUT2D eigenvalue weighted by Crippen LogP contribution is 2.15. The van der Waals surface area contributed by atoms with Crippen molar-refractivity contribution in [1.29, 1.82) is 0 Å². The van der Waals surface area contributed by atoms with Crippen LogP contribution in [0.4, 0.5) is 0 Å². The van der Waals surface area contributed by atoms with Gasteiger partial charge in [0.15, 0.2) is 0 Å². The molecule has 1 N–H and O–H groups in total. The molecule has 3 heterocycles. The SMILES string of the molecule is c1csc(Cc2nnc3n2CCNC3)c1. The van der Waals surface area contributed by atoms with Crippen molar-refractivity contribution in [3.05, 3.63) is 34.0 Å². The van der Waals surface area contributed by atoms with Gasteiger partial charge in [-0.15, -0.1) is 21.5 Å². The lowest BCUT2D eigenvalue weighted by atomic mass is 10.3. The van der Waals surface area contributed by atoms with Gasteiger partial charge in [0.05, 0.1) is 6.54 Å². The highest BCUT2D eigenvalue weighted by atomic mass is 32.1. The third-order valence-electron chi connectivity index (χ3n) is 2.61. The molecule has 0 atom stereocenters. The molecule has 4 nitrogen and oxygen atoms in total. The second-order valence-corrected chi connectivity index (χ2v) is 4.65. The van der Waals surface area contributed by atoms with Crippen LogP contribution < -0.4 is 5.32 Å². The van der Waals surface area contributed by atoms with Gasteiger partial charge in [-0.05, 0) is 11.4 Å². The van der Waals surface area contributed by atoms with Gasteiger partial charge in [0.25, 0.3) is 0 Å². The molecule has 0 fully saturated rings. The Morgan fingerprint density at radius 1 is 1.47 bits per heavy atom. The Labute approximate surface area is 92.0 Å². The van der Waals surface area contributed by atoms with Crippen LogP contribution in [-0.2, 0) is 19.5 Å². The third-order valence-corrected chi connectivity index (χ3v) is 3.49. The molecule has 0 spiro atoms. The van der Waals surface area contributed by atoms with E-state index < -0.39 is 0 Å². The van der Waals surface area contributed by atoms with Gasteiger partial charge in [-0.1, -0.05) is 6.07 Å². The standard InChI is InChI=1S/C10H12N4S/c1-2-8(15-5-1)6-9-12-13-10-7-11-3-4-14(9)10/h1-2,5,11H,3-4,6-7H2. The summed E-state index contributed by atoms with van der Waals surface area (Å²) < 4.78 is 2.23. The van der Waals surface area contributed by atoms with Gasteiger partial charge in [0, 0.05) is 24.4 Å². The predicted octanol–water partition coefficient (Wildman–Crippen LogP) is 1.03. The van der Waals surface area contributed by atoms with E-state index in [1.54, 1.807) is 11.3 Å². The third kappa shape index (κ3) is 1.68. The summed E-state index contributed by atoms with van der Waals surface area (Å²) in [5.41, 5.74) is 0. The largest absolute Gasteiger partial charge is 0.312 e. The molecule has 15 heavy (non-hydrogen) atoms. The maximum absolute atomic E-state index is 4.25. The smallest absolute Gasteiger partial charge is 0.147 e. The Kier molecular flexibility index (Phi) is 2.26. The number of hydrogen-bond acceptors (Lipinski definition) is 4. The minimum atomic E-state index is 0.845. The molecule has 0 aliphatic carbocycles. The summed E-state index contributed by atoms with van der Waals surface area (Å²) in [5, 5.41) is 13.8. The van der Waals surface area contributed by atoms with Crippen molar-refractivity contribution in [3.8, 4) is 0 Å². The number of fused-ring (bicyclic) bond motifs is 1. The molecule has 0 amide bonds. The Balaban J connectivity index is 1.89. The van der Waals surface area contributed by atoms with E-state index in [2.05, 4.69) is 37.6 Å². The molecule has 0 saturated carbocycles. The maximum Gasteiger partial charge on any atom is 0.147 e. The summed E-state index contributed by atoms with van der Waals surface area (Å²) in [7, 11) is 0. The van der Waals surface area contributed by atoms with Crippen molar-refractivity contribution < 1.29 is 0 Å². The van der Waals surface area contributed by atoms with Crippen LogP contribution in [-0.4, -0.2) is 21.3 Å². The first-order chi connectivity index (χ1) is 7.43. The van der Waals surface area contributed by atoms with Crippen molar-refractivity contribution in [2.24, 2.45) is 0 Å². The molecule has 78 valence electrons. The van der Waals surface area contributed by atoms with E-state index in [9.17, 15) is 0 Å². The summed E-state index contributed by atoms with van der Waals surface area (Å²) in [6.07, 6.45) is 0.907. The molecule has 5 heteroatoms. The van der Waals surface area contributed by atoms with E-state index in [0.29, 0.717) is 0 Å². The molecule has 2 aromatic rings. The number of rotatable bonds is 2. The van der Waals surface area contributed by atoms with Crippen LogP contribution in [0, 0.1) is 0 Å². The fourth-order valence-electron chi connectivity index (χ4n) is 1.85. The summed E-state index contributed by atoms with van der Waals surface area (Å²) in [6.45, 7) is 2.85. The minimum absolute atomic E-state index is 0.845. The molecule has 1 aliphatic rings. The topological polar surface area (TPSA) is 42.7 Å². The molecule has 3 rings (SSSR count). The normalized spacial score (nSPS) is 15.2. The van der Waals surface area contributed by atoms with Gasteiger partial charge in [0.2, 0.25) is 0 Å². The van der Waals surface area contributed by atoms with E-state index in [0.717, 1.165) is 37.7 Å². The zero-order chi connectivity index (χ0) is 10.1. The zero-order valence-electron chi connectivity index (χ0n) is 8.31. The molecule has 2 aromatic heterocycles. The molecule has 0 saturated heterocycles. The average Bonchev–Trinajstić information content (AvgIpc) is 2.89. The van der Waals surface area contributed by atoms with E-state index in [4.69, 9.17) is 0 Å². The van der Waals surface area contributed by atoms with E-state index >= 15 is 0 Å². The minimum Gasteiger partial charge on any atom is -0.312 e. The van der Waals surface area contributed by atoms with Crippen LogP contribution in [0.2, 0.25) is 0 Å². The van der Waals surface area contributed by atoms with Crippen molar-refractivity contribution in [2.75, 3.05) is 6.54 Å². The summed E-state index contributed by atoms with van der Waals surface area (Å²) in [5.74, 6) is 2.15. The van der Waals surface area contributed by atoms with Crippen molar-refractivity contribution >= 4 is 11.3 Å². The highest BCUT2D eigenvalue weighted by molar-refractivity contribution is 7.09. The lowest BCUT2D eigenvalue weighted by Gasteiger charge is -2.15. The number of thiophene rings is 1. The van der Waals surface area contributed by atoms with Gasteiger partial charge in [-0.3, -0.25) is 0 Å². The molecule has 1 aliphatic heterocycles. The van der Waals surface area contributed by atoms with Crippen LogP contribution in [0.15, 0.2) is 17.5 Å². The average molecular weight is 220 g/mol. The number of nitrogens with one attached hydrogen (secondary N) is 1. The fraction of sp³-hybridized carbons (Fsp3) is 0.400. The van der Waals surface area contributed by atoms with Crippen molar-refractivity contribution in [3.63, 3.8) is 0 Å². The summed E-state index contributed by atoms with van der Waals surface area (Å²) >= 11 is 1.78. The Morgan fingerprint density at radius 2 is 2.47 bits per heavy atom. The van der Waals surface area contributed by atoms with Gasteiger partial charge >= 0.3 is 0 Å². The highest BCUT2D eigenvalue weighted by Gasteiger charge is 2.15. The van der Waals surface area contributed by atoms with Crippen LogP contribution in [0.3, 0.4) is 0 Å². The van der Waals surface area contributed by atoms with Crippen LogP contribution in [0.25, 0.3) is 0 Å². The number of aromatic nitrogens is 3. The summed E-state index contributed by atoms with van der Waals surface area (Å²) in [4.78, 5) is 1.35. The van der Waals surface area contributed by atoms with Gasteiger partial charge in [-0.25, -0.2) is 0 Å². The first-order valence-corrected chi connectivity index (χ1v) is 5.95. The molecule has 0 unspecified atom stereocenters. The molecule has 0 bridgehead atoms. The number of hydrogen-bond donors (Lipinski definition) is 1. The summed E-state index contributed by atoms with van der Waals surface area (Å²) in [6, 6.07) is 4.22. The molecular weight excluding hydrogens is 208 g/mol. The fourth-order valence-corrected chi connectivity index (χ4v) is 2.55. The first-order valence-electron chi connectivity index (χ1n) is 5.07. The Morgan fingerprint density at radius 3 is 3.33 bits per heavy atom. The quantitative estimate of drug-likeness (QED) is 0.822. The van der Waals surface area contributed by atoms with Crippen molar-refractivity contribution in [1.82, 2.24) is 20.1 Å². The van der Waals surface area contributed by atoms with Crippen LogP contribution >= 0.6 is 11.3 Å². The predicted molar refractivity (Wildman–Crippen MR) is 58.9 cm³/mol. The molecular formula is C10H12N4S. The second kappa shape index (κ2) is 3.75. The first kappa shape index (κ1) is 9.06. The Hall–Kier alpha value is -1.20. The zero-order valence-corrected chi connectivity index (χ0v) is 9.13. The lowest BCUT2D eigenvalue weighted by Crippen LogP contribution is -2.29.